The molecule has 0 saturated carbocycles. The van der Waals surface area contributed by atoms with Crippen LogP contribution in [0.2, 0.25) is 0 Å². The largest absolute Gasteiger partial charge is 0.478 e. The lowest BCUT2D eigenvalue weighted by Crippen LogP contribution is -2.02. The zero-order chi connectivity index (χ0) is 48.5. The number of nitrogens with zero attached hydrogens (tertiary/aromatic N) is 4. The van der Waals surface area contributed by atoms with Crippen LogP contribution in [-0.2, 0) is 0 Å². The van der Waals surface area contributed by atoms with Gasteiger partial charge in [0.25, 0.3) is 11.4 Å². The van der Waals surface area contributed by atoms with Gasteiger partial charge in [-0.05, 0) is 107 Å². The molecule has 0 fully saturated rings. The highest BCUT2D eigenvalue weighted by Gasteiger charge is 2.22. The van der Waals surface area contributed by atoms with Crippen molar-refractivity contribution in [3.05, 3.63) is 175 Å². The lowest BCUT2D eigenvalue weighted by atomic mass is 10.2. The van der Waals surface area contributed by atoms with E-state index in [-0.39, 0.29) is 22.3 Å². The highest BCUT2D eigenvalue weighted by molar-refractivity contribution is 8.77. The number of carboxylic acids is 6. The summed E-state index contributed by atoms with van der Waals surface area (Å²) in [5, 5.41) is 76.4. The van der Waals surface area contributed by atoms with Gasteiger partial charge in [-0.25, -0.2) is 38.7 Å². The van der Waals surface area contributed by atoms with E-state index in [0.29, 0.717) is 19.8 Å². The average molecular weight is 1010 g/mol. The van der Waals surface area contributed by atoms with E-state index in [4.69, 9.17) is 30.6 Å². The van der Waals surface area contributed by atoms with Crippen molar-refractivity contribution in [3.63, 3.8) is 0 Å². The highest BCUT2D eigenvalue weighted by atomic mass is 33.1. The minimum atomic E-state index is -1.45. The predicted molar refractivity (Wildman–Crippen MR) is 244 cm³/mol. The van der Waals surface area contributed by atoms with Crippen LogP contribution in [0.5, 0.6) is 0 Å². The molecule has 338 valence electrons. The summed E-state index contributed by atoms with van der Waals surface area (Å²) in [6.07, 6.45) is 2.57. The first-order valence-electron chi connectivity index (χ1n) is 17.4. The standard InChI is InChI=1S/C14H8N2O8S2.C14H10O4S2.C12H8N2O4S2/c17-13(18)9-5-7(1-3-11(9)15(21)22)25-26-8-2-4-12(16(23)24)10(6-8)14(19)20;15-13(16)9-3-1-5-11(7-9)19-20-12-6-2-4-10(8-12)14(17)18;15-11(16)7-1-3-9(13-5-7)19-20-10-4-2-8(6-14-10)12(17)18/h1-6H,(H,17,18)(H,19,20);1-8H,(H,15,16)(H,17,18);1-6H,(H,15,16)(H,17,18). The van der Waals surface area contributed by atoms with E-state index in [1.54, 1.807) is 36.4 Å². The molecule has 0 bridgehead atoms. The van der Waals surface area contributed by atoms with Gasteiger partial charge < -0.3 is 30.6 Å². The van der Waals surface area contributed by atoms with Crippen LogP contribution < -0.4 is 0 Å². The maximum absolute atomic E-state index is 11.1. The quantitative estimate of drug-likeness (QED) is 0.0281. The Hall–Kier alpha value is -7.10. The third-order valence-corrected chi connectivity index (χ3v) is 14.5. The molecule has 0 radical (unpaired) electrons. The number of benzene rings is 4. The number of nitro benzene ring substituents is 2. The van der Waals surface area contributed by atoms with Gasteiger partial charge in [0.15, 0.2) is 0 Å². The average Bonchev–Trinajstić information content (AvgIpc) is 3.30. The molecule has 26 heteroatoms. The SMILES string of the molecule is O=C(O)c1cc(SSc2ccc([N+](=O)[O-])c(C(=O)O)c2)ccc1[N+](=O)[O-].O=C(O)c1ccc(SSc2ccc(C(=O)O)cn2)nc1.O=C(O)c1cccc(SSc2cccc(C(=O)O)c2)c1. The Kier molecular flexibility index (Phi) is 19.4. The molecule has 4 aromatic carbocycles. The van der Waals surface area contributed by atoms with Gasteiger partial charge in [-0.1, -0.05) is 55.3 Å². The summed E-state index contributed by atoms with van der Waals surface area (Å²) in [5.74, 6) is -6.88. The van der Waals surface area contributed by atoms with Gasteiger partial charge in [-0.15, -0.1) is 0 Å². The number of carbonyl (C=O) groups is 6. The van der Waals surface area contributed by atoms with Crippen molar-refractivity contribution >= 4 is 112 Å². The van der Waals surface area contributed by atoms with E-state index in [1.807, 2.05) is 12.1 Å². The van der Waals surface area contributed by atoms with Gasteiger partial charge in [-0.3, -0.25) is 20.2 Å². The molecule has 6 rings (SSSR count). The monoisotopic (exact) mass is 1010 g/mol. The Morgan fingerprint density at radius 1 is 0.394 bits per heavy atom. The molecule has 0 atom stereocenters. The number of hydrogen-bond acceptors (Lipinski definition) is 18. The molecule has 66 heavy (non-hydrogen) atoms. The minimum Gasteiger partial charge on any atom is -0.478 e. The van der Waals surface area contributed by atoms with E-state index in [0.717, 1.165) is 55.6 Å². The maximum atomic E-state index is 11.1. The van der Waals surface area contributed by atoms with Crippen LogP contribution in [0, 0.1) is 20.2 Å². The highest BCUT2D eigenvalue weighted by Crippen LogP contribution is 2.41. The second-order valence-corrected chi connectivity index (χ2v) is 18.8. The van der Waals surface area contributed by atoms with Crippen LogP contribution in [0.4, 0.5) is 11.4 Å². The number of aromatic nitrogens is 2. The Labute approximate surface area is 393 Å². The van der Waals surface area contributed by atoms with Gasteiger partial charge in [0.1, 0.15) is 21.2 Å². The number of aromatic carboxylic acids is 6. The minimum absolute atomic E-state index is 0.128. The Morgan fingerprint density at radius 2 is 0.727 bits per heavy atom. The normalized spacial score (nSPS) is 10.2. The van der Waals surface area contributed by atoms with Crippen LogP contribution in [-0.4, -0.2) is 86.3 Å². The van der Waals surface area contributed by atoms with E-state index >= 15 is 0 Å². The summed E-state index contributed by atoms with van der Waals surface area (Å²) in [6.45, 7) is 0. The van der Waals surface area contributed by atoms with Crippen molar-refractivity contribution in [2.75, 3.05) is 0 Å². The van der Waals surface area contributed by atoms with Crippen molar-refractivity contribution < 1.29 is 69.3 Å². The fraction of sp³-hybridized carbons (Fsp3) is 0. The van der Waals surface area contributed by atoms with Crippen LogP contribution in [0.1, 0.15) is 62.1 Å². The summed E-state index contributed by atoms with van der Waals surface area (Å²) < 4.78 is 0. The number of carboxylic acid groups (broad SMARTS) is 6. The number of rotatable bonds is 17. The first-order chi connectivity index (χ1) is 31.3. The number of hydrogen-bond donors (Lipinski definition) is 6. The molecule has 0 spiro atoms. The zero-order valence-electron chi connectivity index (χ0n) is 32.6. The second-order valence-electron chi connectivity index (χ2n) is 12.0. The van der Waals surface area contributed by atoms with E-state index in [2.05, 4.69) is 9.97 Å². The van der Waals surface area contributed by atoms with Gasteiger partial charge in [0, 0.05) is 44.1 Å². The van der Waals surface area contributed by atoms with Gasteiger partial charge in [-0.2, -0.15) is 0 Å². The van der Waals surface area contributed by atoms with Gasteiger partial charge in [0.05, 0.1) is 32.1 Å². The zero-order valence-corrected chi connectivity index (χ0v) is 37.5. The summed E-state index contributed by atoms with van der Waals surface area (Å²) in [7, 11) is 7.45. The predicted octanol–water partition coefficient (Wildman–Crippen LogP) is 10.3. The summed E-state index contributed by atoms with van der Waals surface area (Å²) in [6, 6.07) is 26.4. The smallest absolute Gasteiger partial charge is 0.342 e. The summed E-state index contributed by atoms with van der Waals surface area (Å²) >= 11 is 0. The molecule has 0 aliphatic carbocycles. The first kappa shape index (κ1) is 51.5. The van der Waals surface area contributed by atoms with Gasteiger partial charge >= 0.3 is 35.8 Å². The van der Waals surface area contributed by atoms with Crippen LogP contribution in [0.25, 0.3) is 0 Å². The molecule has 0 aliphatic heterocycles. The third-order valence-electron chi connectivity index (χ3n) is 7.60. The van der Waals surface area contributed by atoms with Crippen molar-refractivity contribution in [3.8, 4) is 0 Å². The van der Waals surface area contributed by atoms with E-state index < -0.39 is 68.2 Å². The van der Waals surface area contributed by atoms with Crippen molar-refractivity contribution in [2.45, 2.75) is 29.6 Å². The van der Waals surface area contributed by atoms with Crippen molar-refractivity contribution in [1.82, 2.24) is 9.97 Å². The van der Waals surface area contributed by atoms with Crippen LogP contribution in [0.15, 0.2) is 151 Å². The second kappa shape index (κ2) is 24.8. The van der Waals surface area contributed by atoms with Crippen LogP contribution in [0.3, 0.4) is 0 Å². The molecular weight excluding hydrogens is 985 g/mol. The Morgan fingerprint density at radius 3 is 1.00 bits per heavy atom. The maximum Gasteiger partial charge on any atom is 0.342 e. The molecular formula is C40H26N4O16S6. The van der Waals surface area contributed by atoms with Crippen molar-refractivity contribution in [1.29, 1.82) is 0 Å². The van der Waals surface area contributed by atoms with Crippen molar-refractivity contribution in [2.24, 2.45) is 0 Å². The first-order valence-corrected chi connectivity index (χ1v) is 23.9. The number of nitro groups is 2. The molecule has 0 aliphatic rings. The molecule has 2 heterocycles. The fourth-order valence-corrected chi connectivity index (χ4v) is 10.2. The lowest BCUT2D eigenvalue weighted by molar-refractivity contribution is -0.385. The molecule has 0 amide bonds. The van der Waals surface area contributed by atoms with Gasteiger partial charge in [0.2, 0.25) is 0 Å². The third kappa shape index (κ3) is 15.9. The summed E-state index contributed by atoms with van der Waals surface area (Å²) in [5.41, 5.74) is -1.33. The molecule has 0 unspecified atom stereocenters. The molecule has 2 aromatic heterocycles. The van der Waals surface area contributed by atoms with E-state index in [9.17, 15) is 49.0 Å². The van der Waals surface area contributed by atoms with Crippen LogP contribution >= 0.6 is 64.8 Å². The Bertz CT molecular complexity index is 2630. The molecule has 6 N–H and O–H groups in total. The summed E-state index contributed by atoms with van der Waals surface area (Å²) in [4.78, 5) is 95.7. The van der Waals surface area contributed by atoms with E-state index in [1.165, 1.54) is 92.0 Å². The Balaban J connectivity index is 0.000000219. The molecule has 0 saturated heterocycles. The molecule has 6 aromatic rings. The number of pyridine rings is 2. The topological polar surface area (TPSA) is 336 Å². The lowest BCUT2D eigenvalue weighted by Gasteiger charge is -2.05. The molecule has 20 nitrogen and oxygen atoms in total. The fourth-order valence-electron chi connectivity index (χ4n) is 4.55.